The van der Waals surface area contributed by atoms with Crippen LogP contribution in [0.1, 0.15) is 38.1 Å². The lowest BCUT2D eigenvalue weighted by atomic mass is 9.96. The molecule has 2 fully saturated rings. The Balaban J connectivity index is 1.19. The number of halogens is 1. The first kappa shape index (κ1) is 22.7. The van der Waals surface area contributed by atoms with Crippen molar-refractivity contribution in [1.82, 2.24) is 30.0 Å². The highest BCUT2D eigenvalue weighted by molar-refractivity contribution is 7.99. The van der Waals surface area contributed by atoms with Gasteiger partial charge in [-0.25, -0.2) is 9.07 Å². The van der Waals surface area contributed by atoms with Crippen LogP contribution in [0, 0.1) is 5.82 Å². The minimum absolute atomic E-state index is 0.0589. The van der Waals surface area contributed by atoms with Crippen molar-refractivity contribution in [2.75, 3.05) is 43.8 Å². The highest BCUT2D eigenvalue weighted by Gasteiger charge is 2.24. The number of rotatable bonds is 7. The molecule has 4 rings (SSSR count). The van der Waals surface area contributed by atoms with E-state index in [1.54, 1.807) is 0 Å². The summed E-state index contributed by atoms with van der Waals surface area (Å²) >= 11 is 1.39. The molecule has 0 bridgehead atoms. The third-order valence-corrected chi connectivity index (χ3v) is 6.85. The number of carbonyl (C=O) groups excluding carboxylic acids is 2. The summed E-state index contributed by atoms with van der Waals surface area (Å²) in [6.07, 6.45) is 5.82. The molecule has 0 unspecified atom stereocenters. The summed E-state index contributed by atoms with van der Waals surface area (Å²) in [7, 11) is 0. The molecule has 0 spiro atoms. The normalized spacial score (nSPS) is 18.0. The molecule has 0 radical (unpaired) electrons. The Hall–Kier alpha value is -2.53. The van der Waals surface area contributed by atoms with E-state index in [1.807, 2.05) is 14.5 Å². The van der Waals surface area contributed by atoms with Crippen molar-refractivity contribution in [2.24, 2.45) is 0 Å². The molecular formula is C21H28FN7O2S. The number of tetrazole rings is 1. The van der Waals surface area contributed by atoms with Gasteiger partial charge in [0, 0.05) is 31.9 Å². The second kappa shape index (κ2) is 10.9. The minimum atomic E-state index is -0.340. The average molecular weight is 462 g/mol. The molecule has 1 N–H and O–H groups in total. The second-order valence-corrected chi connectivity index (χ2v) is 9.14. The summed E-state index contributed by atoms with van der Waals surface area (Å²) in [6, 6.07) is 6.02. The quantitative estimate of drug-likeness (QED) is 0.632. The van der Waals surface area contributed by atoms with Crippen LogP contribution in [0.4, 0.5) is 10.1 Å². The van der Waals surface area contributed by atoms with E-state index in [4.69, 9.17) is 0 Å². The molecule has 1 aliphatic carbocycles. The maximum absolute atomic E-state index is 13.0. The molecule has 1 saturated heterocycles. The predicted molar refractivity (Wildman–Crippen MR) is 119 cm³/mol. The van der Waals surface area contributed by atoms with Crippen molar-refractivity contribution in [1.29, 1.82) is 0 Å². The topological polar surface area (TPSA) is 96.2 Å². The zero-order chi connectivity index (χ0) is 22.3. The van der Waals surface area contributed by atoms with Gasteiger partial charge in [-0.1, -0.05) is 31.0 Å². The van der Waals surface area contributed by atoms with Crippen LogP contribution in [0.5, 0.6) is 0 Å². The molecule has 0 atom stereocenters. The van der Waals surface area contributed by atoms with Gasteiger partial charge in [-0.05, 0) is 47.5 Å². The number of piperazine rings is 1. The molecule has 2 aromatic rings. The summed E-state index contributed by atoms with van der Waals surface area (Å²) in [5, 5.41) is 15.6. The van der Waals surface area contributed by atoms with Crippen molar-refractivity contribution >= 4 is 29.3 Å². The van der Waals surface area contributed by atoms with Gasteiger partial charge >= 0.3 is 0 Å². The standard InChI is InChI=1S/C21H28FN7O2S/c22-16-6-8-17(9-7-16)23-19(30)14-27-10-12-28(13-11-27)20(31)15-32-21-24-25-26-29(21)18-4-2-1-3-5-18/h6-9,18H,1-5,10-15H2,(H,23,30). The van der Waals surface area contributed by atoms with Crippen LogP contribution in [0.25, 0.3) is 0 Å². The molecule has 9 nitrogen and oxygen atoms in total. The van der Waals surface area contributed by atoms with Crippen LogP contribution in [-0.4, -0.2) is 80.3 Å². The van der Waals surface area contributed by atoms with E-state index in [0.717, 1.165) is 12.8 Å². The SMILES string of the molecule is O=C(CN1CCN(C(=O)CSc2nnnn2C2CCCCC2)CC1)Nc1ccc(F)cc1. The molecule has 2 aliphatic rings. The zero-order valence-corrected chi connectivity index (χ0v) is 18.8. The number of nitrogens with zero attached hydrogens (tertiary/aromatic N) is 6. The van der Waals surface area contributed by atoms with Crippen molar-refractivity contribution in [2.45, 2.75) is 43.3 Å². The van der Waals surface area contributed by atoms with Crippen LogP contribution >= 0.6 is 11.8 Å². The molecule has 1 aromatic carbocycles. The van der Waals surface area contributed by atoms with Gasteiger partial charge in [0.25, 0.3) is 0 Å². The Labute approximate surface area is 190 Å². The van der Waals surface area contributed by atoms with E-state index in [0.29, 0.717) is 48.8 Å². The van der Waals surface area contributed by atoms with Gasteiger partial charge in [-0.2, -0.15) is 0 Å². The minimum Gasteiger partial charge on any atom is -0.339 e. The van der Waals surface area contributed by atoms with Crippen molar-refractivity contribution in [3.8, 4) is 0 Å². The molecule has 32 heavy (non-hydrogen) atoms. The molecule has 1 aliphatic heterocycles. The van der Waals surface area contributed by atoms with Crippen molar-refractivity contribution < 1.29 is 14.0 Å². The Kier molecular flexibility index (Phi) is 7.69. The molecule has 2 heterocycles. The second-order valence-electron chi connectivity index (χ2n) is 8.20. The maximum atomic E-state index is 13.0. The van der Waals surface area contributed by atoms with Crippen LogP contribution in [0.3, 0.4) is 0 Å². The lowest BCUT2D eigenvalue weighted by molar-refractivity contribution is -0.130. The average Bonchev–Trinajstić information content (AvgIpc) is 3.29. The van der Waals surface area contributed by atoms with Gasteiger partial charge in [0.05, 0.1) is 18.3 Å². The smallest absolute Gasteiger partial charge is 0.238 e. The Morgan fingerprint density at radius 1 is 1.06 bits per heavy atom. The molecule has 2 amide bonds. The molecule has 1 saturated carbocycles. The predicted octanol–water partition coefficient (Wildman–Crippen LogP) is 2.19. The first-order valence-corrected chi connectivity index (χ1v) is 12.0. The highest BCUT2D eigenvalue weighted by atomic mass is 32.2. The number of amides is 2. The fourth-order valence-electron chi connectivity index (χ4n) is 4.15. The van der Waals surface area contributed by atoms with E-state index in [-0.39, 0.29) is 24.2 Å². The summed E-state index contributed by atoms with van der Waals surface area (Å²) in [5.41, 5.74) is 0.567. The number of carbonyl (C=O) groups is 2. The van der Waals surface area contributed by atoms with Gasteiger partial charge in [-0.3, -0.25) is 14.5 Å². The van der Waals surface area contributed by atoms with Gasteiger partial charge < -0.3 is 10.2 Å². The van der Waals surface area contributed by atoms with Crippen LogP contribution in [0.15, 0.2) is 29.4 Å². The first-order chi connectivity index (χ1) is 15.6. The third kappa shape index (κ3) is 6.04. The number of thioether (sulfide) groups is 1. The molecule has 172 valence electrons. The fraction of sp³-hybridized carbons (Fsp3) is 0.571. The number of hydrogen-bond donors (Lipinski definition) is 1. The lowest BCUT2D eigenvalue weighted by Gasteiger charge is -2.34. The summed E-state index contributed by atoms with van der Waals surface area (Å²) in [6.45, 7) is 2.66. The zero-order valence-electron chi connectivity index (χ0n) is 18.0. The number of hydrogen-bond acceptors (Lipinski definition) is 7. The maximum Gasteiger partial charge on any atom is 0.238 e. The van der Waals surface area contributed by atoms with Gasteiger partial charge in [0.15, 0.2) is 0 Å². The third-order valence-electron chi connectivity index (χ3n) is 5.93. The van der Waals surface area contributed by atoms with E-state index >= 15 is 0 Å². The molecule has 1 aromatic heterocycles. The number of aromatic nitrogens is 4. The molecular weight excluding hydrogens is 433 g/mol. The van der Waals surface area contributed by atoms with Crippen LogP contribution in [-0.2, 0) is 9.59 Å². The van der Waals surface area contributed by atoms with Crippen molar-refractivity contribution in [3.05, 3.63) is 30.1 Å². The Morgan fingerprint density at radius 2 is 1.78 bits per heavy atom. The van der Waals surface area contributed by atoms with Crippen LogP contribution in [0.2, 0.25) is 0 Å². The Bertz CT molecular complexity index is 909. The highest BCUT2D eigenvalue weighted by Crippen LogP contribution is 2.30. The van der Waals surface area contributed by atoms with E-state index < -0.39 is 0 Å². The van der Waals surface area contributed by atoms with E-state index in [1.165, 1.54) is 55.3 Å². The molecule has 11 heteroatoms. The monoisotopic (exact) mass is 461 g/mol. The Morgan fingerprint density at radius 3 is 2.50 bits per heavy atom. The lowest BCUT2D eigenvalue weighted by Crippen LogP contribution is -2.50. The number of nitrogens with one attached hydrogen (secondary N) is 1. The number of benzene rings is 1. The van der Waals surface area contributed by atoms with E-state index in [9.17, 15) is 14.0 Å². The van der Waals surface area contributed by atoms with Gasteiger partial charge in [-0.15, -0.1) is 5.10 Å². The van der Waals surface area contributed by atoms with Gasteiger partial charge in [0.1, 0.15) is 5.82 Å². The van der Waals surface area contributed by atoms with Crippen LogP contribution < -0.4 is 5.32 Å². The largest absolute Gasteiger partial charge is 0.339 e. The van der Waals surface area contributed by atoms with Crippen molar-refractivity contribution in [3.63, 3.8) is 0 Å². The van der Waals surface area contributed by atoms with E-state index in [2.05, 4.69) is 20.8 Å². The number of anilines is 1. The summed E-state index contributed by atoms with van der Waals surface area (Å²) in [5.74, 6) is -0.129. The first-order valence-electron chi connectivity index (χ1n) is 11.0. The van der Waals surface area contributed by atoms with Gasteiger partial charge in [0.2, 0.25) is 17.0 Å². The summed E-state index contributed by atoms with van der Waals surface area (Å²) in [4.78, 5) is 28.7. The fourth-order valence-corrected chi connectivity index (χ4v) is 4.99. The summed E-state index contributed by atoms with van der Waals surface area (Å²) < 4.78 is 14.9.